The van der Waals surface area contributed by atoms with Crippen LogP contribution in [0.25, 0.3) is 0 Å². The molecule has 3 fully saturated rings. The van der Waals surface area contributed by atoms with Crippen molar-refractivity contribution >= 4 is 12.9 Å². The topological polar surface area (TPSA) is 46.5 Å². The molecule has 0 aromatic heterocycles. The lowest BCUT2D eigenvalue weighted by Gasteiger charge is -2.39. The molecule has 21 heavy (non-hydrogen) atoms. The molecular weight excluding hydrogens is 263 g/mol. The summed E-state index contributed by atoms with van der Waals surface area (Å²) in [6.45, 7) is 4.81. The van der Waals surface area contributed by atoms with E-state index in [0.29, 0.717) is 23.4 Å². The van der Waals surface area contributed by atoms with Crippen molar-refractivity contribution in [3.05, 3.63) is 0 Å². The maximum atomic E-state index is 12.3. The number of ketones is 1. The third-order valence-corrected chi connectivity index (χ3v) is 6.28. The highest BCUT2D eigenvalue weighted by atomic mass is 16.5. The second-order valence-corrected chi connectivity index (χ2v) is 7.90. The van der Waals surface area contributed by atoms with Gasteiger partial charge in [-0.1, -0.05) is 39.5 Å². The number of Topliss-reactive ketones (excluding diaryl/α,β-unsaturated/α-hetero) is 1. The average molecular weight is 292 g/mol. The predicted octanol–water partition coefficient (Wildman–Crippen LogP) is 3.32. The van der Waals surface area contributed by atoms with Crippen LogP contribution in [-0.2, 0) is 9.45 Å². The molecule has 0 aromatic rings. The van der Waals surface area contributed by atoms with Crippen LogP contribution in [0, 0.1) is 29.6 Å². The number of carbonyl (C=O) groups excluding carboxylic acids is 1. The van der Waals surface area contributed by atoms with Crippen molar-refractivity contribution in [1.29, 1.82) is 0 Å². The van der Waals surface area contributed by atoms with Crippen LogP contribution in [0.1, 0.15) is 58.8 Å². The quantitative estimate of drug-likeness (QED) is 0.812. The molecule has 3 nitrogen and oxygen atoms in total. The molecule has 1 heterocycles. The molecule has 1 N–H and O–H groups in total. The molecule has 3 aliphatic rings. The minimum absolute atomic E-state index is 0.183. The number of carbonyl (C=O) groups is 1. The monoisotopic (exact) mass is 292 g/mol. The molecule has 0 bridgehead atoms. The van der Waals surface area contributed by atoms with E-state index in [1.54, 1.807) is 0 Å². The molecule has 0 aromatic carbocycles. The van der Waals surface area contributed by atoms with Crippen molar-refractivity contribution in [2.24, 2.45) is 29.6 Å². The van der Waals surface area contributed by atoms with E-state index in [9.17, 15) is 9.82 Å². The number of hydrogen-bond donors (Lipinski definition) is 1. The van der Waals surface area contributed by atoms with Crippen LogP contribution in [0.15, 0.2) is 0 Å². The largest absolute Gasteiger partial charge is 0.457 e. The van der Waals surface area contributed by atoms with Crippen molar-refractivity contribution in [1.82, 2.24) is 0 Å². The number of fused-ring (bicyclic) bond motifs is 1. The van der Waals surface area contributed by atoms with Gasteiger partial charge in [-0.2, -0.15) is 0 Å². The first kappa shape index (κ1) is 15.5. The van der Waals surface area contributed by atoms with Gasteiger partial charge in [0.15, 0.2) is 0 Å². The second-order valence-electron chi connectivity index (χ2n) is 7.90. The lowest BCUT2D eigenvalue weighted by atomic mass is 9.57. The molecule has 4 heteroatoms. The predicted molar refractivity (Wildman–Crippen MR) is 83.8 cm³/mol. The van der Waals surface area contributed by atoms with Crippen LogP contribution in [0.4, 0.5) is 0 Å². The molecule has 1 saturated heterocycles. The normalized spacial score (nSPS) is 40.4. The molecule has 5 unspecified atom stereocenters. The lowest BCUT2D eigenvalue weighted by Crippen LogP contribution is -2.33. The standard InChI is InChI=1S/C17H29BO3/c1-11(2)17(19)14-5-3-4-12(8-14)13-6-7-16-15(9-13)10-21-18(16)20/h11-16,20H,3-10H2,1-2H3. The van der Waals surface area contributed by atoms with E-state index in [-0.39, 0.29) is 5.92 Å². The zero-order chi connectivity index (χ0) is 15.0. The second kappa shape index (κ2) is 6.41. The highest BCUT2D eigenvalue weighted by Gasteiger charge is 2.46. The van der Waals surface area contributed by atoms with Crippen LogP contribution in [0.2, 0.25) is 5.82 Å². The van der Waals surface area contributed by atoms with Crippen molar-refractivity contribution in [3.8, 4) is 0 Å². The van der Waals surface area contributed by atoms with E-state index >= 15 is 0 Å². The van der Waals surface area contributed by atoms with Crippen molar-refractivity contribution in [3.63, 3.8) is 0 Å². The first-order valence-electron chi connectivity index (χ1n) is 8.89. The van der Waals surface area contributed by atoms with Gasteiger partial charge in [-0.25, -0.2) is 0 Å². The molecule has 2 aliphatic carbocycles. The summed E-state index contributed by atoms with van der Waals surface area (Å²) in [5, 5.41) is 9.83. The first-order chi connectivity index (χ1) is 10.1. The van der Waals surface area contributed by atoms with Gasteiger partial charge in [0, 0.05) is 18.4 Å². The van der Waals surface area contributed by atoms with Crippen LogP contribution in [-0.4, -0.2) is 24.5 Å². The molecule has 0 amide bonds. The highest BCUT2D eigenvalue weighted by Crippen LogP contribution is 2.48. The van der Waals surface area contributed by atoms with E-state index < -0.39 is 7.12 Å². The summed E-state index contributed by atoms with van der Waals surface area (Å²) >= 11 is 0. The van der Waals surface area contributed by atoms with Crippen LogP contribution < -0.4 is 0 Å². The lowest BCUT2D eigenvalue weighted by molar-refractivity contribution is -0.127. The zero-order valence-corrected chi connectivity index (χ0v) is 13.5. The first-order valence-corrected chi connectivity index (χ1v) is 8.89. The molecule has 5 atom stereocenters. The van der Waals surface area contributed by atoms with Gasteiger partial charge >= 0.3 is 7.12 Å². The van der Waals surface area contributed by atoms with Crippen molar-refractivity contribution in [2.75, 3.05) is 6.61 Å². The number of hydrogen-bond acceptors (Lipinski definition) is 3. The summed E-state index contributed by atoms with van der Waals surface area (Å²) in [6.07, 6.45) is 8.26. The summed E-state index contributed by atoms with van der Waals surface area (Å²) < 4.78 is 5.43. The van der Waals surface area contributed by atoms with Crippen LogP contribution in [0.5, 0.6) is 0 Å². The molecular formula is C17H29BO3. The summed E-state index contributed by atoms with van der Waals surface area (Å²) in [6, 6.07) is 0. The summed E-state index contributed by atoms with van der Waals surface area (Å²) in [5.41, 5.74) is 0. The van der Waals surface area contributed by atoms with Gasteiger partial charge in [-0.15, -0.1) is 0 Å². The molecule has 1 aliphatic heterocycles. The Morgan fingerprint density at radius 3 is 2.62 bits per heavy atom. The molecule has 2 saturated carbocycles. The third-order valence-electron chi connectivity index (χ3n) is 6.28. The van der Waals surface area contributed by atoms with E-state index in [4.69, 9.17) is 4.65 Å². The Morgan fingerprint density at radius 2 is 1.86 bits per heavy atom. The van der Waals surface area contributed by atoms with Gasteiger partial charge < -0.3 is 9.68 Å². The van der Waals surface area contributed by atoms with Gasteiger partial charge in [-0.3, -0.25) is 4.79 Å². The fourth-order valence-electron chi connectivity index (χ4n) is 5.05. The minimum Gasteiger partial charge on any atom is -0.427 e. The summed E-state index contributed by atoms with van der Waals surface area (Å²) in [4.78, 5) is 12.3. The maximum absolute atomic E-state index is 12.3. The Hall–Kier alpha value is -0.345. The summed E-state index contributed by atoms with van der Waals surface area (Å²) in [5.74, 6) is 3.38. The van der Waals surface area contributed by atoms with E-state index in [0.717, 1.165) is 37.7 Å². The van der Waals surface area contributed by atoms with Crippen molar-refractivity contribution < 1.29 is 14.5 Å². The van der Waals surface area contributed by atoms with E-state index in [1.165, 1.54) is 25.7 Å². The molecule has 0 spiro atoms. The minimum atomic E-state index is -0.516. The van der Waals surface area contributed by atoms with E-state index in [1.807, 2.05) is 13.8 Å². The molecule has 0 radical (unpaired) electrons. The van der Waals surface area contributed by atoms with E-state index in [2.05, 4.69) is 0 Å². The van der Waals surface area contributed by atoms with Gasteiger partial charge in [0.1, 0.15) is 5.78 Å². The van der Waals surface area contributed by atoms with Crippen LogP contribution in [0.3, 0.4) is 0 Å². The highest BCUT2D eigenvalue weighted by molar-refractivity contribution is 6.45. The Labute approximate surface area is 129 Å². The Balaban J connectivity index is 1.58. The van der Waals surface area contributed by atoms with Gasteiger partial charge in [-0.05, 0) is 42.8 Å². The van der Waals surface area contributed by atoms with Crippen molar-refractivity contribution in [2.45, 2.75) is 64.6 Å². The third kappa shape index (κ3) is 3.21. The molecule has 3 rings (SSSR count). The summed E-state index contributed by atoms with van der Waals surface area (Å²) in [7, 11) is -0.516. The van der Waals surface area contributed by atoms with Gasteiger partial charge in [0.2, 0.25) is 0 Å². The van der Waals surface area contributed by atoms with Gasteiger partial charge in [0.25, 0.3) is 0 Å². The van der Waals surface area contributed by atoms with Crippen LogP contribution >= 0.6 is 0 Å². The Morgan fingerprint density at radius 1 is 1.10 bits per heavy atom. The fourth-order valence-corrected chi connectivity index (χ4v) is 5.05. The Kier molecular flexibility index (Phi) is 4.75. The Bertz CT molecular complexity index is 384. The fraction of sp³-hybridized carbons (Fsp3) is 0.941. The number of rotatable bonds is 3. The van der Waals surface area contributed by atoms with Gasteiger partial charge in [0.05, 0.1) is 0 Å². The smallest absolute Gasteiger partial charge is 0.427 e. The zero-order valence-electron chi connectivity index (χ0n) is 13.5. The average Bonchev–Trinajstić information content (AvgIpc) is 2.87. The SMILES string of the molecule is CC(C)C(=O)C1CCCC(C2CCC3B(O)OCC3C2)C1. The maximum Gasteiger partial charge on any atom is 0.457 e. The molecule has 118 valence electrons.